The lowest BCUT2D eigenvalue weighted by molar-refractivity contribution is -0.897. The van der Waals surface area contributed by atoms with Crippen LogP contribution in [0.4, 0.5) is 0 Å². The number of aliphatic hydroxyl groups is 3. The Morgan fingerprint density at radius 1 is 1.07 bits per heavy atom. The van der Waals surface area contributed by atoms with Crippen LogP contribution in [0.3, 0.4) is 0 Å². The lowest BCUT2D eigenvalue weighted by Gasteiger charge is -2.38. The van der Waals surface area contributed by atoms with Gasteiger partial charge in [0.1, 0.15) is 6.54 Å². The molecule has 3 N–H and O–H groups in total. The molecule has 14 heavy (non-hydrogen) atoms. The summed E-state index contributed by atoms with van der Waals surface area (Å²) in [5.41, 5.74) is -0.418. The van der Waals surface area contributed by atoms with Gasteiger partial charge in [0.25, 0.3) is 0 Å². The molecular formula is C10H24NO3+. The molecule has 0 saturated heterocycles. The summed E-state index contributed by atoms with van der Waals surface area (Å²) in [5, 5.41) is 27.4. The van der Waals surface area contributed by atoms with E-state index >= 15 is 0 Å². The summed E-state index contributed by atoms with van der Waals surface area (Å²) in [5.74, 6) is 0. The van der Waals surface area contributed by atoms with Crippen LogP contribution >= 0.6 is 0 Å². The maximum atomic E-state index is 9.28. The summed E-state index contributed by atoms with van der Waals surface area (Å²) in [4.78, 5) is 0. The molecule has 0 bridgehead atoms. The quantitative estimate of drug-likeness (QED) is 0.489. The van der Waals surface area contributed by atoms with Crippen LogP contribution in [0.5, 0.6) is 0 Å². The molecule has 4 heteroatoms. The van der Waals surface area contributed by atoms with E-state index in [4.69, 9.17) is 5.11 Å². The summed E-state index contributed by atoms with van der Waals surface area (Å²) >= 11 is 0. The van der Waals surface area contributed by atoms with Gasteiger partial charge in [0.05, 0.1) is 45.9 Å². The highest BCUT2D eigenvalue weighted by Gasteiger charge is 2.34. The minimum absolute atomic E-state index is 0.00684. The topological polar surface area (TPSA) is 60.7 Å². The Kier molecular flexibility index (Phi) is 5.59. The normalized spacial score (nSPS) is 13.3. The lowest BCUT2D eigenvalue weighted by atomic mass is 9.86. The molecule has 0 unspecified atom stereocenters. The van der Waals surface area contributed by atoms with Gasteiger partial charge in [-0.05, 0) is 6.42 Å². The molecule has 0 aromatic heterocycles. The van der Waals surface area contributed by atoms with Gasteiger partial charge in [0.2, 0.25) is 0 Å². The molecule has 0 aromatic carbocycles. The first-order chi connectivity index (χ1) is 6.45. The van der Waals surface area contributed by atoms with Gasteiger partial charge < -0.3 is 19.8 Å². The van der Waals surface area contributed by atoms with Gasteiger partial charge in [-0.3, -0.25) is 0 Å². The predicted molar refractivity (Wildman–Crippen MR) is 55.8 cm³/mol. The highest BCUT2D eigenvalue weighted by atomic mass is 16.3. The number of hydrogen-bond donors (Lipinski definition) is 3. The molecule has 0 radical (unpaired) electrons. The molecule has 0 aliphatic rings. The highest BCUT2D eigenvalue weighted by molar-refractivity contribution is 4.75. The van der Waals surface area contributed by atoms with Crippen molar-refractivity contribution in [2.75, 3.05) is 47.0 Å². The van der Waals surface area contributed by atoms with Crippen molar-refractivity contribution in [3.05, 3.63) is 0 Å². The van der Waals surface area contributed by atoms with Crippen molar-refractivity contribution in [3.8, 4) is 0 Å². The Bertz CT molecular complexity index is 147. The van der Waals surface area contributed by atoms with Crippen LogP contribution < -0.4 is 0 Å². The minimum atomic E-state index is -0.418. The molecule has 0 atom stereocenters. The van der Waals surface area contributed by atoms with Gasteiger partial charge in [-0.25, -0.2) is 0 Å². The van der Waals surface area contributed by atoms with Gasteiger partial charge in [-0.1, -0.05) is 6.92 Å². The molecule has 86 valence electrons. The van der Waals surface area contributed by atoms with Gasteiger partial charge in [0.15, 0.2) is 0 Å². The summed E-state index contributed by atoms with van der Waals surface area (Å²) < 4.78 is 0.617. The van der Waals surface area contributed by atoms with Crippen LogP contribution in [0.1, 0.15) is 13.3 Å². The maximum absolute atomic E-state index is 9.28. The second-order valence-corrected chi connectivity index (χ2v) is 4.71. The zero-order chi connectivity index (χ0) is 11.2. The first-order valence-electron chi connectivity index (χ1n) is 5.10. The summed E-state index contributed by atoms with van der Waals surface area (Å²) in [6.45, 7) is 3.40. The third-order valence-corrected chi connectivity index (χ3v) is 2.89. The van der Waals surface area contributed by atoms with Crippen LogP contribution in [0.25, 0.3) is 0 Å². The summed E-state index contributed by atoms with van der Waals surface area (Å²) in [6.07, 6.45) is 0.743. The first kappa shape index (κ1) is 13.8. The van der Waals surface area contributed by atoms with Crippen LogP contribution in [-0.2, 0) is 0 Å². The van der Waals surface area contributed by atoms with Crippen LogP contribution in [-0.4, -0.2) is 66.8 Å². The molecule has 0 rings (SSSR count). The Balaban J connectivity index is 4.41. The second kappa shape index (κ2) is 5.66. The van der Waals surface area contributed by atoms with E-state index in [0.717, 1.165) is 6.42 Å². The van der Waals surface area contributed by atoms with Crippen molar-refractivity contribution in [2.24, 2.45) is 5.41 Å². The van der Waals surface area contributed by atoms with E-state index in [-0.39, 0.29) is 19.8 Å². The van der Waals surface area contributed by atoms with Crippen LogP contribution in [0.15, 0.2) is 0 Å². The molecule has 0 saturated carbocycles. The fourth-order valence-electron chi connectivity index (χ4n) is 1.74. The largest absolute Gasteiger partial charge is 0.395 e. The number of quaternary nitrogens is 1. The third-order valence-electron chi connectivity index (χ3n) is 2.89. The maximum Gasteiger partial charge on any atom is 0.102 e. The minimum Gasteiger partial charge on any atom is -0.395 e. The molecule has 0 aliphatic carbocycles. The Labute approximate surface area is 86.4 Å². The standard InChI is InChI=1S/C10H24NO3/c1-4-10(8-13,9-14)7-11(2,3)5-6-12/h12-14H,4-9H2,1-3H3/q+1. The van der Waals surface area contributed by atoms with E-state index in [1.165, 1.54) is 0 Å². The van der Waals surface area contributed by atoms with E-state index in [1.54, 1.807) is 0 Å². The predicted octanol–water partition coefficient (Wildman–Crippen LogP) is -0.564. The van der Waals surface area contributed by atoms with Crippen molar-refractivity contribution >= 4 is 0 Å². The van der Waals surface area contributed by atoms with Gasteiger partial charge in [0, 0.05) is 0 Å². The number of rotatable bonds is 7. The Morgan fingerprint density at radius 3 is 1.86 bits per heavy atom. The first-order valence-corrected chi connectivity index (χ1v) is 5.10. The molecule has 4 nitrogen and oxygen atoms in total. The van der Waals surface area contributed by atoms with Gasteiger partial charge in [-0.15, -0.1) is 0 Å². The summed E-state index contributed by atoms with van der Waals surface area (Å²) in [7, 11) is 3.98. The second-order valence-electron chi connectivity index (χ2n) is 4.71. The summed E-state index contributed by atoms with van der Waals surface area (Å²) in [6, 6.07) is 0. The Hall–Kier alpha value is -0.160. The van der Waals surface area contributed by atoms with Crippen molar-refractivity contribution in [1.82, 2.24) is 0 Å². The number of aliphatic hydroxyl groups excluding tert-OH is 3. The van der Waals surface area contributed by atoms with Crippen LogP contribution in [0.2, 0.25) is 0 Å². The zero-order valence-corrected chi connectivity index (χ0v) is 9.53. The number of nitrogens with zero attached hydrogens (tertiary/aromatic N) is 1. The SMILES string of the molecule is CCC(CO)(CO)C[N+](C)(C)CCO. The monoisotopic (exact) mass is 206 g/mol. The van der Waals surface area contributed by atoms with Crippen molar-refractivity contribution < 1.29 is 19.8 Å². The fraction of sp³-hybridized carbons (Fsp3) is 1.00. The molecular weight excluding hydrogens is 182 g/mol. The van der Waals surface area contributed by atoms with Crippen molar-refractivity contribution in [3.63, 3.8) is 0 Å². The Morgan fingerprint density at radius 2 is 1.57 bits per heavy atom. The van der Waals surface area contributed by atoms with Crippen LogP contribution in [0, 0.1) is 5.41 Å². The van der Waals surface area contributed by atoms with E-state index in [2.05, 4.69) is 0 Å². The average molecular weight is 206 g/mol. The van der Waals surface area contributed by atoms with Crippen molar-refractivity contribution in [2.45, 2.75) is 13.3 Å². The highest BCUT2D eigenvalue weighted by Crippen LogP contribution is 2.23. The van der Waals surface area contributed by atoms with Gasteiger partial charge >= 0.3 is 0 Å². The molecule has 0 spiro atoms. The molecule has 0 aromatic rings. The van der Waals surface area contributed by atoms with Gasteiger partial charge in [-0.2, -0.15) is 0 Å². The molecule has 0 fully saturated rings. The van der Waals surface area contributed by atoms with E-state index in [9.17, 15) is 10.2 Å². The molecule has 0 amide bonds. The smallest absolute Gasteiger partial charge is 0.102 e. The number of hydrogen-bond acceptors (Lipinski definition) is 3. The van der Waals surface area contributed by atoms with Crippen molar-refractivity contribution in [1.29, 1.82) is 0 Å². The zero-order valence-electron chi connectivity index (χ0n) is 9.53. The number of likely N-dealkylation sites (N-methyl/N-ethyl adjacent to an activating group) is 1. The van der Waals surface area contributed by atoms with E-state index in [0.29, 0.717) is 17.6 Å². The van der Waals surface area contributed by atoms with E-state index < -0.39 is 5.41 Å². The third kappa shape index (κ3) is 3.92. The molecule has 0 heterocycles. The van der Waals surface area contributed by atoms with E-state index in [1.807, 2.05) is 21.0 Å². The fourth-order valence-corrected chi connectivity index (χ4v) is 1.74. The average Bonchev–Trinajstić information content (AvgIpc) is 2.14. The lowest BCUT2D eigenvalue weighted by Crippen LogP contribution is -2.52. The molecule has 0 aliphatic heterocycles.